The van der Waals surface area contributed by atoms with E-state index in [2.05, 4.69) is 11.4 Å². The third-order valence-corrected chi connectivity index (χ3v) is 5.32. The molecule has 1 aromatic carbocycles. The average molecular weight is 381 g/mol. The lowest BCUT2D eigenvalue weighted by atomic mass is 9.83. The second-order valence-corrected chi connectivity index (χ2v) is 7.62. The predicted molar refractivity (Wildman–Crippen MR) is 97.3 cm³/mol. The van der Waals surface area contributed by atoms with Crippen LogP contribution in [0.15, 0.2) is 29.2 Å². The van der Waals surface area contributed by atoms with Gasteiger partial charge in [-0.25, -0.2) is 0 Å². The Morgan fingerprint density at radius 2 is 1.92 bits per heavy atom. The number of nitriles is 1. The standard InChI is InChI=1S/C18H21ClN2O3S/c19-14-4-6-15(7-5-14)25-11-8-17(23)24-12-16(22)21-18(13-20)9-2-1-3-10-18/h4-7H,1-3,8-12H2,(H,21,22). The van der Waals surface area contributed by atoms with Gasteiger partial charge in [0.05, 0.1) is 12.5 Å². The lowest BCUT2D eigenvalue weighted by Gasteiger charge is -2.31. The van der Waals surface area contributed by atoms with E-state index in [1.807, 2.05) is 12.1 Å². The fraction of sp³-hybridized carbons (Fsp3) is 0.500. The van der Waals surface area contributed by atoms with Crippen molar-refractivity contribution in [3.63, 3.8) is 0 Å². The first-order valence-electron chi connectivity index (χ1n) is 8.29. The Morgan fingerprint density at radius 3 is 2.56 bits per heavy atom. The van der Waals surface area contributed by atoms with Crippen LogP contribution in [0.2, 0.25) is 5.02 Å². The Hall–Kier alpha value is -1.71. The number of halogens is 1. The molecule has 134 valence electrons. The van der Waals surface area contributed by atoms with E-state index in [9.17, 15) is 14.9 Å². The van der Waals surface area contributed by atoms with Crippen molar-refractivity contribution in [3.05, 3.63) is 29.3 Å². The molecule has 1 saturated carbocycles. The molecule has 2 rings (SSSR count). The van der Waals surface area contributed by atoms with Crippen molar-refractivity contribution < 1.29 is 14.3 Å². The van der Waals surface area contributed by atoms with Crippen LogP contribution in [-0.2, 0) is 14.3 Å². The van der Waals surface area contributed by atoms with Crippen molar-refractivity contribution in [1.82, 2.24) is 5.32 Å². The summed E-state index contributed by atoms with van der Waals surface area (Å²) in [6.45, 7) is -0.339. The van der Waals surface area contributed by atoms with Gasteiger partial charge in [0.2, 0.25) is 0 Å². The summed E-state index contributed by atoms with van der Waals surface area (Å²) in [5.41, 5.74) is -0.799. The maximum Gasteiger partial charge on any atom is 0.307 e. The second-order valence-electron chi connectivity index (χ2n) is 6.02. The minimum Gasteiger partial charge on any atom is -0.456 e. The molecule has 1 fully saturated rings. The quantitative estimate of drug-likeness (QED) is 0.576. The van der Waals surface area contributed by atoms with E-state index in [1.165, 1.54) is 11.8 Å². The molecule has 1 aliphatic carbocycles. The zero-order chi connectivity index (χ0) is 18.1. The Balaban J connectivity index is 1.66. The van der Waals surface area contributed by atoms with Gasteiger partial charge in [-0.05, 0) is 37.1 Å². The number of hydrogen-bond donors (Lipinski definition) is 1. The van der Waals surface area contributed by atoms with Gasteiger partial charge in [0.15, 0.2) is 6.61 Å². The van der Waals surface area contributed by atoms with Crippen molar-refractivity contribution in [2.75, 3.05) is 12.4 Å². The number of hydrogen-bond acceptors (Lipinski definition) is 5. The summed E-state index contributed by atoms with van der Waals surface area (Å²) < 4.78 is 5.00. The fourth-order valence-corrected chi connectivity index (χ4v) is 3.68. The lowest BCUT2D eigenvalue weighted by Crippen LogP contribution is -2.50. The third-order valence-electron chi connectivity index (χ3n) is 4.05. The molecule has 1 N–H and O–H groups in total. The molecule has 0 spiro atoms. The van der Waals surface area contributed by atoms with Gasteiger partial charge >= 0.3 is 5.97 Å². The van der Waals surface area contributed by atoms with Crippen molar-refractivity contribution >= 4 is 35.2 Å². The number of amides is 1. The van der Waals surface area contributed by atoms with Gasteiger partial charge in [0, 0.05) is 15.7 Å². The molecule has 0 aromatic heterocycles. The zero-order valence-electron chi connectivity index (χ0n) is 13.9. The number of thioether (sulfide) groups is 1. The van der Waals surface area contributed by atoms with Gasteiger partial charge in [0.25, 0.3) is 5.91 Å². The van der Waals surface area contributed by atoms with Gasteiger partial charge < -0.3 is 10.1 Å². The van der Waals surface area contributed by atoms with Crippen LogP contribution in [0.4, 0.5) is 0 Å². The first-order chi connectivity index (χ1) is 12.0. The molecule has 1 aromatic rings. The fourth-order valence-electron chi connectivity index (χ4n) is 2.72. The molecule has 1 amide bonds. The van der Waals surface area contributed by atoms with Crippen LogP contribution in [-0.4, -0.2) is 29.8 Å². The third kappa shape index (κ3) is 6.60. The maximum absolute atomic E-state index is 11.9. The molecule has 0 unspecified atom stereocenters. The molecule has 0 radical (unpaired) electrons. The molecule has 0 heterocycles. The highest BCUT2D eigenvalue weighted by atomic mass is 35.5. The van der Waals surface area contributed by atoms with E-state index in [0.717, 1.165) is 24.2 Å². The summed E-state index contributed by atoms with van der Waals surface area (Å²) in [7, 11) is 0. The minimum atomic E-state index is -0.799. The first-order valence-corrected chi connectivity index (χ1v) is 9.66. The molecule has 0 bridgehead atoms. The summed E-state index contributed by atoms with van der Waals surface area (Å²) in [6.07, 6.45) is 4.45. The summed E-state index contributed by atoms with van der Waals surface area (Å²) in [5, 5.41) is 12.7. The number of nitrogens with one attached hydrogen (secondary N) is 1. The number of carbonyl (C=O) groups excluding carboxylic acids is 2. The molecular weight excluding hydrogens is 360 g/mol. The van der Waals surface area contributed by atoms with Gasteiger partial charge in [-0.3, -0.25) is 9.59 Å². The molecule has 0 saturated heterocycles. The van der Waals surface area contributed by atoms with Crippen LogP contribution in [0.25, 0.3) is 0 Å². The monoisotopic (exact) mass is 380 g/mol. The van der Waals surface area contributed by atoms with E-state index in [-0.39, 0.29) is 13.0 Å². The molecule has 25 heavy (non-hydrogen) atoms. The number of esters is 1. The number of benzene rings is 1. The van der Waals surface area contributed by atoms with Crippen LogP contribution in [0.3, 0.4) is 0 Å². The smallest absolute Gasteiger partial charge is 0.307 e. The van der Waals surface area contributed by atoms with Gasteiger partial charge in [-0.15, -0.1) is 11.8 Å². The Labute approximate surface area is 157 Å². The zero-order valence-corrected chi connectivity index (χ0v) is 15.5. The van der Waals surface area contributed by atoms with Crippen LogP contribution < -0.4 is 5.32 Å². The van der Waals surface area contributed by atoms with E-state index < -0.39 is 17.4 Å². The highest BCUT2D eigenvalue weighted by Crippen LogP contribution is 2.27. The lowest BCUT2D eigenvalue weighted by molar-refractivity contribution is -0.148. The number of ether oxygens (including phenoxy) is 1. The van der Waals surface area contributed by atoms with Crippen molar-refractivity contribution in [2.24, 2.45) is 0 Å². The number of carbonyl (C=O) groups is 2. The largest absolute Gasteiger partial charge is 0.456 e. The van der Waals surface area contributed by atoms with Crippen molar-refractivity contribution in [3.8, 4) is 6.07 Å². The number of rotatable bonds is 7. The first kappa shape index (κ1) is 19.6. The Morgan fingerprint density at radius 1 is 1.24 bits per heavy atom. The van der Waals surface area contributed by atoms with Crippen LogP contribution in [0, 0.1) is 11.3 Å². The van der Waals surface area contributed by atoms with E-state index in [1.54, 1.807) is 12.1 Å². The molecule has 0 aliphatic heterocycles. The minimum absolute atomic E-state index is 0.212. The van der Waals surface area contributed by atoms with Gasteiger partial charge in [-0.2, -0.15) is 5.26 Å². The molecule has 5 nitrogen and oxygen atoms in total. The molecular formula is C18H21ClN2O3S. The van der Waals surface area contributed by atoms with Gasteiger partial charge in [-0.1, -0.05) is 30.9 Å². The summed E-state index contributed by atoms with van der Waals surface area (Å²) in [5.74, 6) is -0.280. The number of nitrogens with zero attached hydrogens (tertiary/aromatic N) is 1. The highest BCUT2D eigenvalue weighted by Gasteiger charge is 2.33. The normalized spacial score (nSPS) is 15.8. The second kappa shape index (κ2) is 9.69. The van der Waals surface area contributed by atoms with E-state index in [4.69, 9.17) is 16.3 Å². The Kier molecular flexibility index (Phi) is 7.60. The van der Waals surface area contributed by atoms with Gasteiger partial charge in [0.1, 0.15) is 5.54 Å². The van der Waals surface area contributed by atoms with Crippen LogP contribution >= 0.6 is 23.4 Å². The average Bonchev–Trinajstić information content (AvgIpc) is 2.62. The molecule has 1 aliphatic rings. The van der Waals surface area contributed by atoms with Crippen molar-refractivity contribution in [1.29, 1.82) is 5.26 Å². The van der Waals surface area contributed by atoms with Crippen molar-refractivity contribution in [2.45, 2.75) is 49.0 Å². The van der Waals surface area contributed by atoms with E-state index >= 15 is 0 Å². The SMILES string of the molecule is N#CC1(NC(=O)COC(=O)CCSc2ccc(Cl)cc2)CCCCC1. The molecule has 0 atom stereocenters. The van der Waals surface area contributed by atoms with E-state index in [0.29, 0.717) is 23.6 Å². The Bertz CT molecular complexity index is 637. The molecule has 7 heteroatoms. The maximum atomic E-state index is 11.9. The predicted octanol–water partition coefficient (Wildman–Crippen LogP) is 3.71. The summed E-state index contributed by atoms with van der Waals surface area (Å²) in [4.78, 5) is 24.7. The summed E-state index contributed by atoms with van der Waals surface area (Å²) in [6, 6.07) is 9.57. The van der Waals surface area contributed by atoms with Crippen LogP contribution in [0.5, 0.6) is 0 Å². The summed E-state index contributed by atoms with van der Waals surface area (Å²) >= 11 is 7.34. The van der Waals surface area contributed by atoms with Crippen LogP contribution in [0.1, 0.15) is 38.5 Å². The topological polar surface area (TPSA) is 79.2 Å². The highest BCUT2D eigenvalue weighted by molar-refractivity contribution is 7.99.